The highest BCUT2D eigenvalue weighted by Gasteiger charge is 2.60. The number of aliphatic hydroxyl groups is 1. The van der Waals surface area contributed by atoms with Crippen LogP contribution >= 0.6 is 0 Å². The summed E-state index contributed by atoms with van der Waals surface area (Å²) in [6.07, 6.45) is -2.88. The number of aromatic nitrogens is 2. The number of alkyl halides is 3. The molecule has 1 saturated heterocycles. The average molecular weight is 537 g/mol. The molecule has 38 heavy (non-hydrogen) atoms. The van der Waals surface area contributed by atoms with Gasteiger partial charge in [-0.3, -0.25) is 9.78 Å². The molecule has 3 N–H and O–H groups in total. The van der Waals surface area contributed by atoms with E-state index >= 15 is 0 Å². The minimum Gasteiger partial charge on any atom is -0.493 e. The van der Waals surface area contributed by atoms with Gasteiger partial charge < -0.3 is 29.9 Å². The molecule has 1 amide bonds. The topological polar surface area (TPSA) is 118 Å². The summed E-state index contributed by atoms with van der Waals surface area (Å²) in [7, 11) is 2.30. The first-order valence-corrected chi connectivity index (χ1v) is 11.1. The number of carbonyl (C=O) groups excluding carboxylic acids is 1. The Kier molecular flexibility index (Phi) is 5.82. The number of nitrogen functional groups attached to an aromatic ring is 1. The first-order chi connectivity index (χ1) is 17.8. The Hall–Kier alpha value is -4.20. The van der Waals surface area contributed by atoms with E-state index in [1.165, 1.54) is 24.4 Å². The first-order valence-electron chi connectivity index (χ1n) is 11.1. The molecule has 0 unspecified atom stereocenters. The van der Waals surface area contributed by atoms with E-state index in [2.05, 4.69) is 10.1 Å². The van der Waals surface area contributed by atoms with Crippen LogP contribution in [0.25, 0.3) is 17.0 Å². The lowest BCUT2D eigenvalue weighted by molar-refractivity contribution is -0.177. The van der Waals surface area contributed by atoms with Crippen LogP contribution in [0.1, 0.15) is 23.4 Å². The molecular weight excluding hydrogens is 517 g/mol. The second-order valence-electron chi connectivity index (χ2n) is 8.95. The van der Waals surface area contributed by atoms with E-state index in [9.17, 15) is 31.9 Å². The van der Waals surface area contributed by atoms with Crippen LogP contribution in [0.3, 0.4) is 0 Å². The summed E-state index contributed by atoms with van der Waals surface area (Å²) < 4.78 is 80.2. The van der Waals surface area contributed by atoms with Crippen LogP contribution in [-0.4, -0.2) is 52.4 Å². The van der Waals surface area contributed by atoms with Gasteiger partial charge in [0.1, 0.15) is 29.1 Å². The van der Waals surface area contributed by atoms with Crippen molar-refractivity contribution in [3.63, 3.8) is 0 Å². The van der Waals surface area contributed by atoms with Crippen LogP contribution in [0.15, 0.2) is 41.2 Å². The first kappa shape index (κ1) is 25.4. The summed E-state index contributed by atoms with van der Waals surface area (Å²) in [6, 6.07) is 1.97. The Bertz CT molecular complexity index is 1470. The van der Waals surface area contributed by atoms with Crippen molar-refractivity contribution in [3.8, 4) is 11.3 Å². The van der Waals surface area contributed by atoms with Crippen LogP contribution in [-0.2, 0) is 21.7 Å². The molecular formula is C24H20F5N5O4. The number of hydrogen-bond donors (Lipinski definition) is 2. The number of amides is 1. The van der Waals surface area contributed by atoms with Crippen molar-refractivity contribution in [3.05, 3.63) is 65.3 Å². The predicted molar refractivity (Wildman–Crippen MR) is 123 cm³/mol. The molecule has 0 radical (unpaired) electrons. The number of likely N-dealkylation sites (N-methyl/N-ethyl adjacent to an activating group) is 1. The fourth-order valence-corrected chi connectivity index (χ4v) is 4.64. The highest BCUT2D eigenvalue weighted by atomic mass is 19.4. The number of halogens is 5. The van der Waals surface area contributed by atoms with Gasteiger partial charge >= 0.3 is 6.18 Å². The van der Waals surface area contributed by atoms with Crippen molar-refractivity contribution in [2.75, 3.05) is 24.8 Å². The quantitative estimate of drug-likeness (QED) is 0.486. The zero-order valence-corrected chi connectivity index (χ0v) is 19.9. The Labute approximate surface area is 211 Å². The van der Waals surface area contributed by atoms with Gasteiger partial charge in [0.05, 0.1) is 19.3 Å². The summed E-state index contributed by atoms with van der Waals surface area (Å²) >= 11 is 0. The number of pyridine rings is 1. The van der Waals surface area contributed by atoms with Gasteiger partial charge in [-0.1, -0.05) is 5.16 Å². The number of carbonyl (C=O) groups is 1. The molecule has 2 aromatic heterocycles. The third-order valence-electron chi connectivity index (χ3n) is 6.69. The van der Waals surface area contributed by atoms with E-state index < -0.39 is 47.5 Å². The molecule has 200 valence electrons. The number of methoxy groups -OCH3 is 1. The SMILES string of the molecule is COC1=CN(c2cc(-c3cc([C@]4(O)C[C@@H](C(F)(F)F)N(C)C4=O)on3)c(F)cc2F)Cc2c(N)ccnc21. The molecule has 2 aliphatic heterocycles. The number of anilines is 2. The van der Waals surface area contributed by atoms with Gasteiger partial charge in [0, 0.05) is 54.8 Å². The van der Waals surface area contributed by atoms with Crippen molar-refractivity contribution in [2.45, 2.75) is 30.8 Å². The van der Waals surface area contributed by atoms with Crippen LogP contribution in [0, 0.1) is 11.6 Å². The fraction of sp³-hybridized carbons (Fsp3) is 0.292. The molecule has 3 aromatic rings. The Morgan fingerprint density at radius 2 is 1.97 bits per heavy atom. The fourth-order valence-electron chi connectivity index (χ4n) is 4.64. The summed E-state index contributed by atoms with van der Waals surface area (Å²) in [6.45, 7) is 0.0628. The third-order valence-corrected chi connectivity index (χ3v) is 6.69. The van der Waals surface area contributed by atoms with Crippen LogP contribution in [0.5, 0.6) is 0 Å². The number of hydrogen-bond acceptors (Lipinski definition) is 8. The molecule has 14 heteroatoms. The minimum atomic E-state index is -4.80. The van der Waals surface area contributed by atoms with E-state index in [0.717, 1.165) is 19.2 Å². The standard InChI is InChI=1S/C24H20F5N5O4/c1-33-19(24(27,28)29)8-23(36,22(33)35)20-7-16(32-38-20)11-5-17(14(26)6-13(11)25)34-9-12-15(30)3-4-31-21(12)18(10-34)37-2/h3-7,10,19,36H,8-9H2,1-2H3,(H2,30,31)/t19-,23+/m0/s1. The molecule has 1 aromatic carbocycles. The molecule has 0 saturated carbocycles. The monoisotopic (exact) mass is 537 g/mol. The molecule has 0 spiro atoms. The summed E-state index contributed by atoms with van der Waals surface area (Å²) in [5.74, 6) is -3.58. The molecule has 4 heterocycles. The summed E-state index contributed by atoms with van der Waals surface area (Å²) in [5.41, 5.74) is 4.11. The van der Waals surface area contributed by atoms with Crippen molar-refractivity contribution in [2.24, 2.45) is 0 Å². The van der Waals surface area contributed by atoms with Crippen molar-refractivity contribution in [1.82, 2.24) is 15.0 Å². The Morgan fingerprint density at radius 3 is 2.63 bits per heavy atom. The summed E-state index contributed by atoms with van der Waals surface area (Å²) in [5, 5.41) is 14.5. The maximum absolute atomic E-state index is 15.0. The maximum Gasteiger partial charge on any atom is 0.408 e. The number of benzene rings is 1. The van der Waals surface area contributed by atoms with E-state index in [-0.39, 0.29) is 29.2 Å². The Morgan fingerprint density at radius 1 is 1.24 bits per heavy atom. The minimum absolute atomic E-state index is 0.0628. The van der Waals surface area contributed by atoms with Gasteiger partial charge in [-0.05, 0) is 12.1 Å². The molecule has 1 fully saturated rings. The second kappa shape index (κ2) is 8.68. The van der Waals surface area contributed by atoms with Crippen LogP contribution in [0.4, 0.5) is 33.3 Å². The number of likely N-dealkylation sites (tertiary alicyclic amines) is 1. The molecule has 2 atom stereocenters. The smallest absolute Gasteiger partial charge is 0.408 e. The second-order valence-corrected chi connectivity index (χ2v) is 8.95. The highest BCUT2D eigenvalue weighted by molar-refractivity contribution is 5.88. The molecule has 9 nitrogen and oxygen atoms in total. The lowest BCUT2D eigenvalue weighted by atomic mass is 9.95. The van der Waals surface area contributed by atoms with Gasteiger partial charge in [-0.2, -0.15) is 13.2 Å². The van der Waals surface area contributed by atoms with Gasteiger partial charge in [0.2, 0.25) is 5.60 Å². The average Bonchev–Trinajstić information content (AvgIpc) is 3.44. The molecule has 5 rings (SSSR count). The number of ether oxygens (including phenoxy) is 1. The van der Waals surface area contributed by atoms with Crippen molar-refractivity contribution < 1.29 is 41.1 Å². The molecule has 0 bridgehead atoms. The van der Waals surface area contributed by atoms with Gasteiger partial charge in [0.15, 0.2) is 11.5 Å². The zero-order valence-electron chi connectivity index (χ0n) is 19.9. The van der Waals surface area contributed by atoms with Crippen molar-refractivity contribution >= 4 is 23.0 Å². The van der Waals surface area contributed by atoms with E-state index in [1.807, 2.05) is 0 Å². The third kappa shape index (κ3) is 3.91. The molecule has 2 aliphatic rings. The van der Waals surface area contributed by atoms with Gasteiger partial charge in [-0.25, -0.2) is 8.78 Å². The zero-order chi connectivity index (χ0) is 27.6. The van der Waals surface area contributed by atoms with E-state index in [0.29, 0.717) is 27.9 Å². The lowest BCUT2D eigenvalue weighted by Gasteiger charge is -2.28. The van der Waals surface area contributed by atoms with Gasteiger partial charge in [-0.15, -0.1) is 0 Å². The number of rotatable bonds is 4. The Balaban J connectivity index is 1.53. The van der Waals surface area contributed by atoms with E-state index in [1.54, 1.807) is 6.07 Å². The lowest BCUT2D eigenvalue weighted by Crippen LogP contribution is -2.41. The summed E-state index contributed by atoms with van der Waals surface area (Å²) in [4.78, 5) is 18.5. The van der Waals surface area contributed by atoms with Crippen LogP contribution in [0.2, 0.25) is 0 Å². The van der Waals surface area contributed by atoms with Gasteiger partial charge in [0.25, 0.3) is 5.91 Å². The van der Waals surface area contributed by atoms with Crippen molar-refractivity contribution in [1.29, 1.82) is 0 Å². The predicted octanol–water partition coefficient (Wildman–Crippen LogP) is 3.54. The normalized spacial score (nSPS) is 21.5. The van der Waals surface area contributed by atoms with Crippen LogP contribution < -0.4 is 10.6 Å². The highest BCUT2D eigenvalue weighted by Crippen LogP contribution is 2.44. The maximum atomic E-state index is 15.0. The largest absolute Gasteiger partial charge is 0.493 e. The number of nitrogens with two attached hydrogens (primary N) is 1. The molecule has 0 aliphatic carbocycles. The van der Waals surface area contributed by atoms with E-state index in [4.69, 9.17) is 15.0 Å². The number of fused-ring (bicyclic) bond motifs is 1. The number of nitrogens with zero attached hydrogens (tertiary/aromatic N) is 4.